The molecule has 2 aliphatic heterocycles. The summed E-state index contributed by atoms with van der Waals surface area (Å²) >= 11 is 12.7. The third-order valence-electron chi connectivity index (χ3n) is 8.14. The van der Waals surface area contributed by atoms with Crippen LogP contribution in [0.1, 0.15) is 11.4 Å². The summed E-state index contributed by atoms with van der Waals surface area (Å²) in [6.07, 6.45) is 2.39. The quantitative estimate of drug-likeness (QED) is 0.243. The molecule has 0 unspecified atom stereocenters. The lowest BCUT2D eigenvalue weighted by atomic mass is 10.0. The molecule has 13 heteroatoms. The number of carbonyl (C=O) groups is 2. The van der Waals surface area contributed by atoms with Gasteiger partial charge in [0.1, 0.15) is 12.4 Å². The van der Waals surface area contributed by atoms with E-state index in [0.717, 1.165) is 50.3 Å². The number of benzene rings is 4. The summed E-state index contributed by atoms with van der Waals surface area (Å²) in [7, 11) is -3.92. The van der Waals surface area contributed by atoms with Gasteiger partial charge in [-0.05, 0) is 71.3 Å². The minimum atomic E-state index is -3.92. The van der Waals surface area contributed by atoms with Gasteiger partial charge in [-0.3, -0.25) is 9.59 Å². The highest BCUT2D eigenvalue weighted by Gasteiger charge is 2.34. The molecular weight excluding hydrogens is 659 g/mol. The highest BCUT2D eigenvalue weighted by atomic mass is 35.5. The van der Waals surface area contributed by atoms with E-state index in [1.807, 2.05) is 33.7 Å². The zero-order valence-corrected chi connectivity index (χ0v) is 27.2. The maximum absolute atomic E-state index is 12.3. The standard InChI is InChI=1S/C34H28Cl2N6O4S/c35-25-7-14-29(30(36)18-25)31-19-41(27-10-12-28(13-11-27)42-21-34(44)39-47(42,45)46)32(38-31)17-22-1-3-23(4-2-22)24-5-8-26(9-6-24)40-16-15-37-33(43)20-40/h1-14,18-19H,15-17,20-21H2,(H,37,43)(H,39,44). The maximum Gasteiger partial charge on any atom is 0.326 e. The van der Waals surface area contributed by atoms with Crippen molar-refractivity contribution in [2.24, 2.45) is 0 Å². The van der Waals surface area contributed by atoms with Crippen LogP contribution in [0, 0.1) is 0 Å². The third-order valence-corrected chi connectivity index (χ3v) is 10.1. The number of imidazole rings is 1. The van der Waals surface area contributed by atoms with Gasteiger partial charge in [0.2, 0.25) is 5.91 Å². The van der Waals surface area contributed by atoms with E-state index < -0.39 is 16.1 Å². The molecule has 2 amide bonds. The summed E-state index contributed by atoms with van der Waals surface area (Å²) in [5, 5.41) is 3.85. The Hall–Kier alpha value is -4.84. The third kappa shape index (κ3) is 6.42. The van der Waals surface area contributed by atoms with Gasteiger partial charge in [0.05, 0.1) is 22.9 Å². The number of nitrogens with zero attached hydrogens (tertiary/aromatic N) is 4. The second-order valence-electron chi connectivity index (χ2n) is 11.3. The minimum Gasteiger partial charge on any atom is -0.360 e. The van der Waals surface area contributed by atoms with E-state index in [1.165, 1.54) is 0 Å². The van der Waals surface area contributed by atoms with Crippen LogP contribution in [-0.4, -0.2) is 56.0 Å². The van der Waals surface area contributed by atoms with Crippen LogP contribution in [-0.2, 0) is 26.2 Å². The summed E-state index contributed by atoms with van der Waals surface area (Å²) in [5.74, 6) is 0.197. The zero-order chi connectivity index (χ0) is 32.7. The minimum absolute atomic E-state index is 0.0321. The van der Waals surface area contributed by atoms with E-state index in [1.54, 1.807) is 36.4 Å². The molecular formula is C34H28Cl2N6O4S. The number of hydrogen-bond donors (Lipinski definition) is 2. The lowest BCUT2D eigenvalue weighted by Crippen LogP contribution is -2.47. The molecule has 2 saturated heterocycles. The Kier molecular flexibility index (Phi) is 8.13. The Morgan fingerprint density at radius 2 is 1.43 bits per heavy atom. The first kappa shape index (κ1) is 30.8. The van der Waals surface area contributed by atoms with Crippen molar-refractivity contribution in [2.45, 2.75) is 6.42 Å². The van der Waals surface area contributed by atoms with E-state index in [2.05, 4.69) is 46.6 Å². The first-order chi connectivity index (χ1) is 22.6. The van der Waals surface area contributed by atoms with E-state index >= 15 is 0 Å². The lowest BCUT2D eigenvalue weighted by molar-refractivity contribution is -0.120. The van der Waals surface area contributed by atoms with Crippen molar-refractivity contribution in [1.29, 1.82) is 0 Å². The Labute approximate surface area is 281 Å². The molecule has 0 saturated carbocycles. The Bertz CT molecular complexity index is 2100. The number of hydrogen-bond acceptors (Lipinski definition) is 6. The average Bonchev–Trinajstić information content (AvgIpc) is 3.59. The van der Waals surface area contributed by atoms with Crippen molar-refractivity contribution in [1.82, 2.24) is 19.6 Å². The molecule has 0 atom stereocenters. The number of aromatic nitrogens is 2. The van der Waals surface area contributed by atoms with Crippen molar-refractivity contribution >= 4 is 56.6 Å². The number of halogens is 2. The van der Waals surface area contributed by atoms with E-state index in [-0.39, 0.29) is 12.5 Å². The Morgan fingerprint density at radius 1 is 0.766 bits per heavy atom. The van der Waals surface area contributed by atoms with Gasteiger partial charge < -0.3 is 14.8 Å². The number of anilines is 2. The molecule has 1 aromatic heterocycles. The normalized spacial score (nSPS) is 15.9. The molecule has 10 nitrogen and oxygen atoms in total. The molecule has 238 valence electrons. The molecule has 0 radical (unpaired) electrons. The van der Waals surface area contributed by atoms with Crippen LogP contribution in [0.4, 0.5) is 11.4 Å². The second kappa shape index (κ2) is 12.4. The Morgan fingerprint density at radius 3 is 2.06 bits per heavy atom. The molecule has 0 spiro atoms. The number of rotatable bonds is 7. The molecule has 0 bridgehead atoms. The smallest absolute Gasteiger partial charge is 0.326 e. The van der Waals surface area contributed by atoms with Gasteiger partial charge in [-0.1, -0.05) is 59.6 Å². The van der Waals surface area contributed by atoms with Gasteiger partial charge in [-0.15, -0.1) is 0 Å². The maximum atomic E-state index is 12.3. The van der Waals surface area contributed by atoms with Crippen molar-refractivity contribution < 1.29 is 18.0 Å². The molecule has 2 N–H and O–H groups in total. The lowest BCUT2D eigenvalue weighted by Gasteiger charge is -2.28. The number of piperazine rings is 1. The highest BCUT2D eigenvalue weighted by molar-refractivity contribution is 7.92. The van der Waals surface area contributed by atoms with Crippen molar-refractivity contribution in [3.05, 3.63) is 119 Å². The fourth-order valence-corrected chi connectivity index (χ4v) is 7.43. The number of nitrogens with one attached hydrogen (secondary N) is 2. The molecule has 2 fully saturated rings. The summed E-state index contributed by atoms with van der Waals surface area (Å²) in [5.41, 5.74) is 6.70. The van der Waals surface area contributed by atoms with Crippen LogP contribution in [0.15, 0.2) is 97.2 Å². The van der Waals surface area contributed by atoms with Crippen LogP contribution in [0.3, 0.4) is 0 Å². The molecule has 2 aliphatic rings. The average molecular weight is 688 g/mol. The van der Waals surface area contributed by atoms with Gasteiger partial charge >= 0.3 is 10.2 Å². The van der Waals surface area contributed by atoms with Crippen molar-refractivity contribution in [3.8, 4) is 28.1 Å². The molecule has 5 aromatic rings. The largest absolute Gasteiger partial charge is 0.360 e. The van der Waals surface area contributed by atoms with Gasteiger partial charge in [0.25, 0.3) is 5.91 Å². The molecule has 4 aromatic carbocycles. The Balaban J connectivity index is 1.16. The predicted molar refractivity (Wildman–Crippen MR) is 183 cm³/mol. The van der Waals surface area contributed by atoms with Gasteiger partial charge in [0, 0.05) is 47.7 Å². The first-order valence-electron chi connectivity index (χ1n) is 14.8. The van der Waals surface area contributed by atoms with Gasteiger partial charge in [-0.25, -0.2) is 14.0 Å². The SMILES string of the molecule is O=C1CN(c2ccc(-c3ccc(Cc4nc(-c5ccc(Cl)cc5Cl)cn4-c4ccc(N5CC(=O)NS5(=O)=O)cc4)cc3)cc2)CCN1. The van der Waals surface area contributed by atoms with Crippen molar-refractivity contribution in [2.75, 3.05) is 35.4 Å². The van der Waals surface area contributed by atoms with Gasteiger partial charge in [-0.2, -0.15) is 8.42 Å². The van der Waals surface area contributed by atoms with Crippen LogP contribution in [0.2, 0.25) is 10.0 Å². The second-order valence-corrected chi connectivity index (χ2v) is 13.7. The van der Waals surface area contributed by atoms with E-state index in [0.29, 0.717) is 40.9 Å². The monoisotopic (exact) mass is 686 g/mol. The summed E-state index contributed by atoms with van der Waals surface area (Å²) in [4.78, 5) is 30.6. The molecule has 3 heterocycles. The predicted octanol–water partition coefficient (Wildman–Crippen LogP) is 5.22. The van der Waals surface area contributed by atoms with E-state index in [9.17, 15) is 18.0 Å². The van der Waals surface area contributed by atoms with Crippen LogP contribution in [0.5, 0.6) is 0 Å². The zero-order valence-electron chi connectivity index (χ0n) is 24.9. The fourth-order valence-electron chi connectivity index (χ4n) is 5.77. The summed E-state index contributed by atoms with van der Waals surface area (Å²) in [6, 6.07) is 28.6. The first-order valence-corrected chi connectivity index (χ1v) is 17.0. The summed E-state index contributed by atoms with van der Waals surface area (Å²) < 4.78 is 29.7. The van der Waals surface area contributed by atoms with Crippen molar-refractivity contribution in [3.63, 3.8) is 0 Å². The highest BCUT2D eigenvalue weighted by Crippen LogP contribution is 2.32. The molecule has 7 rings (SSSR count). The molecule has 47 heavy (non-hydrogen) atoms. The number of carbonyl (C=O) groups excluding carboxylic acids is 2. The fraction of sp³-hybridized carbons (Fsp3) is 0.147. The van der Waals surface area contributed by atoms with Gasteiger partial charge in [0.15, 0.2) is 0 Å². The topological polar surface area (TPSA) is 117 Å². The van der Waals surface area contributed by atoms with E-state index in [4.69, 9.17) is 28.2 Å². The number of amides is 2. The summed E-state index contributed by atoms with van der Waals surface area (Å²) in [6.45, 7) is 1.51. The van der Waals surface area contributed by atoms with Crippen LogP contribution in [0.25, 0.3) is 28.1 Å². The molecule has 0 aliphatic carbocycles. The van der Waals surface area contributed by atoms with Crippen LogP contribution < -0.4 is 19.2 Å². The van der Waals surface area contributed by atoms with Crippen LogP contribution >= 0.6 is 23.2 Å².